The van der Waals surface area contributed by atoms with Gasteiger partial charge in [-0.15, -0.1) is 0 Å². The Labute approximate surface area is 188 Å². The van der Waals surface area contributed by atoms with Crippen molar-refractivity contribution < 1.29 is 33.6 Å². The number of ether oxygens (including phenoxy) is 4. The van der Waals surface area contributed by atoms with E-state index in [-0.39, 0.29) is 36.2 Å². The molecule has 4 atom stereocenters. The molecule has 1 aromatic heterocycles. The first kappa shape index (κ1) is 24.3. The number of cyclic esters (lactones) is 1. The summed E-state index contributed by atoms with van der Waals surface area (Å²) in [5.41, 5.74) is -0.239. The second kappa shape index (κ2) is 11.5. The van der Waals surface area contributed by atoms with Crippen LogP contribution in [0, 0.1) is 11.8 Å². The third-order valence-electron chi connectivity index (χ3n) is 6.00. The Bertz CT molecular complexity index is 784. The lowest BCUT2D eigenvalue weighted by molar-refractivity contribution is -0.155. The van der Waals surface area contributed by atoms with E-state index in [1.165, 1.54) is 32.2 Å². The highest BCUT2D eigenvalue weighted by Crippen LogP contribution is 2.32. The number of pyridine rings is 1. The average Bonchev–Trinajstić information content (AvgIpc) is 3.60. The van der Waals surface area contributed by atoms with Crippen molar-refractivity contribution in [2.75, 3.05) is 26.9 Å². The van der Waals surface area contributed by atoms with Crippen molar-refractivity contribution in [1.29, 1.82) is 0 Å². The third-order valence-corrected chi connectivity index (χ3v) is 6.00. The molecule has 0 spiro atoms. The number of methoxy groups -OCH3 is 1. The van der Waals surface area contributed by atoms with E-state index in [4.69, 9.17) is 18.9 Å². The monoisotopic (exact) mass is 450 g/mol. The molecular weight excluding hydrogens is 416 g/mol. The Morgan fingerprint density at radius 2 is 2.12 bits per heavy atom. The van der Waals surface area contributed by atoms with Crippen LogP contribution in [0.2, 0.25) is 0 Å². The van der Waals surface area contributed by atoms with Gasteiger partial charge in [0.15, 0.2) is 23.2 Å². The van der Waals surface area contributed by atoms with Gasteiger partial charge in [0, 0.05) is 24.8 Å². The fourth-order valence-corrected chi connectivity index (χ4v) is 3.82. The van der Waals surface area contributed by atoms with Crippen molar-refractivity contribution >= 4 is 11.9 Å². The fourth-order valence-electron chi connectivity index (χ4n) is 3.82. The van der Waals surface area contributed by atoms with Crippen molar-refractivity contribution in [3.63, 3.8) is 0 Å². The molecule has 0 unspecified atom stereocenters. The lowest BCUT2D eigenvalue weighted by Gasteiger charge is -2.30. The van der Waals surface area contributed by atoms with Gasteiger partial charge in [0.1, 0.15) is 6.10 Å². The second-order valence-corrected chi connectivity index (χ2v) is 8.54. The van der Waals surface area contributed by atoms with E-state index >= 15 is 0 Å². The van der Waals surface area contributed by atoms with Crippen molar-refractivity contribution in [2.24, 2.45) is 11.8 Å². The predicted octanol–water partition coefficient (Wildman–Crippen LogP) is 2.46. The molecule has 2 aliphatic rings. The number of unbranched alkanes of at least 4 members (excludes halogenated alkanes) is 1. The SMILES string of the molecule is CCCC[C@H]1[C@H](C)OC(=O)[C@@H](NC(=O)c2nccc(OC)c2O)COC[C@@H]1OCC1CC1. The van der Waals surface area contributed by atoms with E-state index in [0.717, 1.165) is 19.3 Å². The number of carbonyl (C=O) groups is 2. The Kier molecular flexibility index (Phi) is 8.69. The Morgan fingerprint density at radius 3 is 2.81 bits per heavy atom. The van der Waals surface area contributed by atoms with Gasteiger partial charge in [-0.25, -0.2) is 9.78 Å². The molecule has 1 saturated carbocycles. The Morgan fingerprint density at radius 1 is 1.34 bits per heavy atom. The van der Waals surface area contributed by atoms with Gasteiger partial charge in [0.05, 0.1) is 26.4 Å². The van der Waals surface area contributed by atoms with E-state index < -0.39 is 23.7 Å². The van der Waals surface area contributed by atoms with Crippen LogP contribution in [0.3, 0.4) is 0 Å². The maximum absolute atomic E-state index is 12.8. The van der Waals surface area contributed by atoms with Crippen LogP contribution in [0.1, 0.15) is 56.4 Å². The zero-order valence-corrected chi connectivity index (χ0v) is 19.0. The van der Waals surface area contributed by atoms with E-state index in [9.17, 15) is 14.7 Å². The number of hydrogen-bond acceptors (Lipinski definition) is 8. The topological polar surface area (TPSA) is 116 Å². The molecule has 3 rings (SSSR count). The minimum atomic E-state index is -1.04. The number of hydrogen-bond donors (Lipinski definition) is 2. The summed E-state index contributed by atoms with van der Waals surface area (Å²) in [6.07, 6.45) is 6.05. The van der Waals surface area contributed by atoms with Crippen molar-refractivity contribution in [2.45, 2.75) is 64.2 Å². The van der Waals surface area contributed by atoms with Crippen molar-refractivity contribution in [3.05, 3.63) is 18.0 Å². The standard InChI is InChI=1S/C23H34N2O7/c1-4-5-6-16-14(2)32-23(28)17(12-30-13-19(16)31-11-15-7-8-15)25-22(27)20-21(26)18(29-3)9-10-24-20/h9-10,14-17,19,26H,4-8,11-13H2,1-3H3,(H,25,27)/t14-,16-,17-,19-/m0/s1. The summed E-state index contributed by atoms with van der Waals surface area (Å²) in [7, 11) is 1.37. The molecule has 2 N–H and O–H groups in total. The number of amides is 1. The zero-order chi connectivity index (χ0) is 23.1. The van der Waals surface area contributed by atoms with Crippen LogP contribution in [0.15, 0.2) is 12.3 Å². The normalized spacial score (nSPS) is 26.4. The first-order chi connectivity index (χ1) is 15.4. The molecular formula is C23H34N2O7. The fraction of sp³-hybridized carbons (Fsp3) is 0.696. The highest BCUT2D eigenvalue weighted by molar-refractivity contribution is 5.98. The molecule has 2 fully saturated rings. The molecule has 2 heterocycles. The zero-order valence-electron chi connectivity index (χ0n) is 19.0. The molecule has 1 aliphatic carbocycles. The lowest BCUT2D eigenvalue weighted by atomic mass is 9.91. The molecule has 0 radical (unpaired) electrons. The maximum Gasteiger partial charge on any atom is 0.331 e. The first-order valence-corrected chi connectivity index (χ1v) is 11.4. The number of rotatable bonds is 9. The lowest BCUT2D eigenvalue weighted by Crippen LogP contribution is -2.46. The van der Waals surface area contributed by atoms with Gasteiger partial charge in [0.2, 0.25) is 0 Å². The maximum atomic E-state index is 12.8. The van der Waals surface area contributed by atoms with E-state index in [0.29, 0.717) is 19.1 Å². The smallest absolute Gasteiger partial charge is 0.331 e. The third kappa shape index (κ3) is 6.32. The van der Waals surface area contributed by atoms with Crippen LogP contribution in [0.25, 0.3) is 0 Å². The van der Waals surface area contributed by atoms with Crippen LogP contribution >= 0.6 is 0 Å². The summed E-state index contributed by atoms with van der Waals surface area (Å²) < 4.78 is 22.8. The Balaban J connectivity index is 1.70. The number of nitrogens with one attached hydrogen (secondary N) is 1. The van der Waals surface area contributed by atoms with Crippen LogP contribution in [0.4, 0.5) is 0 Å². The van der Waals surface area contributed by atoms with Gasteiger partial charge in [0.25, 0.3) is 5.91 Å². The van der Waals surface area contributed by atoms with Gasteiger partial charge in [-0.2, -0.15) is 0 Å². The minimum absolute atomic E-state index is 0.0104. The highest BCUT2D eigenvalue weighted by atomic mass is 16.6. The quantitative estimate of drug-likeness (QED) is 0.551. The predicted molar refractivity (Wildman–Crippen MR) is 116 cm³/mol. The molecule has 32 heavy (non-hydrogen) atoms. The van der Waals surface area contributed by atoms with Gasteiger partial charge in [-0.3, -0.25) is 4.79 Å². The van der Waals surface area contributed by atoms with Gasteiger partial charge >= 0.3 is 5.97 Å². The molecule has 1 amide bonds. The summed E-state index contributed by atoms with van der Waals surface area (Å²) in [5, 5.41) is 12.8. The van der Waals surface area contributed by atoms with Gasteiger partial charge in [-0.05, 0) is 32.1 Å². The van der Waals surface area contributed by atoms with E-state index in [1.54, 1.807) is 0 Å². The van der Waals surface area contributed by atoms with Crippen LogP contribution in [-0.2, 0) is 19.0 Å². The van der Waals surface area contributed by atoms with Crippen molar-refractivity contribution in [1.82, 2.24) is 10.3 Å². The largest absolute Gasteiger partial charge is 0.503 e. The van der Waals surface area contributed by atoms with Crippen LogP contribution in [-0.4, -0.2) is 67.1 Å². The second-order valence-electron chi connectivity index (χ2n) is 8.54. The van der Waals surface area contributed by atoms with Crippen LogP contribution in [0.5, 0.6) is 11.5 Å². The molecule has 0 aromatic carbocycles. The molecule has 1 saturated heterocycles. The molecule has 9 nitrogen and oxygen atoms in total. The number of esters is 1. The van der Waals surface area contributed by atoms with E-state index in [1.807, 2.05) is 6.92 Å². The van der Waals surface area contributed by atoms with Gasteiger partial charge < -0.3 is 29.4 Å². The highest BCUT2D eigenvalue weighted by Gasteiger charge is 2.36. The summed E-state index contributed by atoms with van der Waals surface area (Å²) in [5.74, 6) is -0.966. The molecule has 1 aliphatic heterocycles. The summed E-state index contributed by atoms with van der Waals surface area (Å²) in [4.78, 5) is 29.4. The minimum Gasteiger partial charge on any atom is -0.503 e. The van der Waals surface area contributed by atoms with Crippen molar-refractivity contribution in [3.8, 4) is 11.5 Å². The Hall–Kier alpha value is -2.39. The first-order valence-electron chi connectivity index (χ1n) is 11.4. The summed E-state index contributed by atoms with van der Waals surface area (Å²) in [6, 6.07) is 0.398. The molecule has 9 heteroatoms. The number of carbonyl (C=O) groups excluding carboxylic acids is 2. The molecule has 0 bridgehead atoms. The molecule has 1 aromatic rings. The summed E-state index contributed by atoms with van der Waals surface area (Å²) in [6.45, 7) is 4.93. The number of aromatic hydroxyl groups is 1. The van der Waals surface area contributed by atoms with E-state index in [2.05, 4.69) is 17.2 Å². The number of aromatic nitrogens is 1. The van der Waals surface area contributed by atoms with Crippen LogP contribution < -0.4 is 10.1 Å². The summed E-state index contributed by atoms with van der Waals surface area (Å²) >= 11 is 0. The average molecular weight is 451 g/mol. The molecule has 178 valence electrons. The van der Waals surface area contributed by atoms with Gasteiger partial charge in [-0.1, -0.05) is 19.8 Å². The number of nitrogens with zero attached hydrogens (tertiary/aromatic N) is 1.